The molecule has 3 heterocycles. The fourth-order valence-corrected chi connectivity index (χ4v) is 2.15. The van der Waals surface area contributed by atoms with Crippen molar-refractivity contribution in [1.82, 2.24) is 15.2 Å². The molecule has 1 N–H and O–H groups in total. The Labute approximate surface area is 112 Å². The highest BCUT2D eigenvalue weighted by Gasteiger charge is 2.51. The first kappa shape index (κ1) is 12.6. The fourth-order valence-electron chi connectivity index (χ4n) is 2.15. The second-order valence-electron chi connectivity index (χ2n) is 6.07. The number of nitrogens with zero attached hydrogens (tertiary/aromatic N) is 2. The molecule has 1 aliphatic rings. The lowest BCUT2D eigenvalue weighted by atomic mass is 9.80. The zero-order valence-corrected chi connectivity index (χ0v) is 11.9. The second-order valence-corrected chi connectivity index (χ2v) is 6.07. The van der Waals surface area contributed by atoms with Gasteiger partial charge in [0.15, 0.2) is 0 Å². The van der Waals surface area contributed by atoms with Gasteiger partial charge in [-0.2, -0.15) is 5.10 Å². The van der Waals surface area contributed by atoms with Gasteiger partial charge < -0.3 is 9.31 Å². The second kappa shape index (κ2) is 3.80. The van der Waals surface area contributed by atoms with Gasteiger partial charge in [0.2, 0.25) is 0 Å². The molecule has 1 saturated heterocycles. The minimum atomic E-state index is -0.390. The summed E-state index contributed by atoms with van der Waals surface area (Å²) in [6.45, 7) is 10.1. The van der Waals surface area contributed by atoms with Crippen LogP contribution in [-0.4, -0.2) is 33.5 Å². The van der Waals surface area contributed by atoms with E-state index in [1.807, 2.05) is 40.7 Å². The number of nitrogens with one attached hydrogen (secondary N) is 1. The number of pyridine rings is 1. The van der Waals surface area contributed by atoms with E-state index in [9.17, 15) is 0 Å². The van der Waals surface area contributed by atoms with Gasteiger partial charge in [0, 0.05) is 11.7 Å². The summed E-state index contributed by atoms with van der Waals surface area (Å²) in [4.78, 5) is 4.43. The molecule has 3 rings (SSSR count). The number of hydrogen-bond acceptors (Lipinski definition) is 4. The molecule has 2 aromatic heterocycles. The van der Waals surface area contributed by atoms with Crippen LogP contribution in [0.15, 0.2) is 12.3 Å². The summed E-state index contributed by atoms with van der Waals surface area (Å²) < 4.78 is 12.0. The molecule has 0 aliphatic carbocycles. The van der Waals surface area contributed by atoms with Crippen LogP contribution in [0.5, 0.6) is 0 Å². The maximum atomic E-state index is 6.01. The summed E-state index contributed by atoms with van der Waals surface area (Å²) in [5.74, 6) is 0. The molecule has 19 heavy (non-hydrogen) atoms. The van der Waals surface area contributed by atoms with Gasteiger partial charge >= 0.3 is 7.12 Å². The Morgan fingerprint density at radius 2 is 1.79 bits per heavy atom. The fraction of sp³-hybridized carbons (Fsp3) is 0.538. The van der Waals surface area contributed by atoms with E-state index in [4.69, 9.17) is 9.31 Å². The molecule has 0 radical (unpaired) electrons. The molecule has 0 saturated carbocycles. The van der Waals surface area contributed by atoms with E-state index in [2.05, 4.69) is 15.2 Å². The molecule has 0 bridgehead atoms. The first-order chi connectivity index (χ1) is 8.80. The normalized spacial score (nSPS) is 21.2. The van der Waals surface area contributed by atoms with Crippen molar-refractivity contribution in [3.8, 4) is 0 Å². The summed E-state index contributed by atoms with van der Waals surface area (Å²) in [7, 11) is -0.390. The van der Waals surface area contributed by atoms with Gasteiger partial charge in [0.05, 0.1) is 16.9 Å². The van der Waals surface area contributed by atoms with Crippen molar-refractivity contribution in [2.75, 3.05) is 0 Å². The van der Waals surface area contributed by atoms with Gasteiger partial charge in [-0.1, -0.05) is 0 Å². The molecule has 0 amide bonds. The van der Waals surface area contributed by atoms with E-state index in [1.165, 1.54) is 0 Å². The van der Waals surface area contributed by atoms with Crippen LogP contribution in [0.1, 0.15) is 33.4 Å². The van der Waals surface area contributed by atoms with E-state index in [-0.39, 0.29) is 18.3 Å². The van der Waals surface area contributed by atoms with Crippen molar-refractivity contribution in [3.63, 3.8) is 0 Å². The SMILES string of the molecule is Cc1[nH]nc2cc(B3OC(C)(C)C(C)(C)O3)cnc12. The van der Waals surface area contributed by atoms with Crippen molar-refractivity contribution >= 4 is 23.6 Å². The number of aryl methyl sites for hydroxylation is 1. The van der Waals surface area contributed by atoms with E-state index < -0.39 is 0 Å². The Bertz CT molecular complexity index is 620. The van der Waals surface area contributed by atoms with Crippen molar-refractivity contribution in [2.24, 2.45) is 0 Å². The van der Waals surface area contributed by atoms with Gasteiger partial charge in [0.1, 0.15) is 11.0 Å². The quantitative estimate of drug-likeness (QED) is 0.789. The average molecular weight is 259 g/mol. The van der Waals surface area contributed by atoms with Crippen molar-refractivity contribution in [1.29, 1.82) is 0 Å². The Morgan fingerprint density at radius 3 is 2.42 bits per heavy atom. The number of aromatic amines is 1. The lowest BCUT2D eigenvalue weighted by molar-refractivity contribution is 0.00578. The van der Waals surface area contributed by atoms with E-state index in [0.29, 0.717) is 0 Å². The number of H-pyrrole nitrogens is 1. The average Bonchev–Trinajstić information content (AvgIpc) is 2.78. The summed E-state index contributed by atoms with van der Waals surface area (Å²) in [6, 6.07) is 1.97. The van der Waals surface area contributed by atoms with Crippen LogP contribution in [0.25, 0.3) is 11.0 Å². The molecule has 5 nitrogen and oxygen atoms in total. The van der Waals surface area contributed by atoms with Gasteiger partial charge in [0.25, 0.3) is 0 Å². The Kier molecular flexibility index (Phi) is 2.53. The first-order valence-corrected chi connectivity index (χ1v) is 6.46. The zero-order chi connectivity index (χ0) is 13.8. The molecule has 1 aliphatic heterocycles. The first-order valence-electron chi connectivity index (χ1n) is 6.46. The predicted octanol–water partition coefficient (Wildman–Crippen LogP) is 1.57. The molecule has 0 unspecified atom stereocenters. The number of rotatable bonds is 1. The minimum absolute atomic E-state index is 0.339. The third-order valence-corrected chi connectivity index (χ3v) is 4.11. The largest absolute Gasteiger partial charge is 0.496 e. The van der Waals surface area contributed by atoms with Gasteiger partial charge in [-0.15, -0.1) is 0 Å². The van der Waals surface area contributed by atoms with Crippen LogP contribution in [0, 0.1) is 6.92 Å². The summed E-state index contributed by atoms with van der Waals surface area (Å²) in [5.41, 5.74) is 2.92. The maximum Gasteiger partial charge on any atom is 0.496 e. The summed E-state index contributed by atoms with van der Waals surface area (Å²) >= 11 is 0. The molecule has 2 aromatic rings. The van der Waals surface area contributed by atoms with E-state index >= 15 is 0 Å². The number of fused-ring (bicyclic) bond motifs is 1. The molecule has 0 atom stereocenters. The molecular weight excluding hydrogens is 241 g/mol. The molecule has 0 aromatic carbocycles. The third-order valence-electron chi connectivity index (χ3n) is 4.11. The zero-order valence-electron chi connectivity index (χ0n) is 11.9. The van der Waals surface area contributed by atoms with E-state index in [1.54, 1.807) is 6.20 Å². The Balaban J connectivity index is 1.98. The van der Waals surface area contributed by atoms with Gasteiger partial charge in [-0.05, 0) is 40.7 Å². The smallest absolute Gasteiger partial charge is 0.399 e. The van der Waals surface area contributed by atoms with Crippen LogP contribution in [-0.2, 0) is 9.31 Å². The minimum Gasteiger partial charge on any atom is -0.399 e. The molecule has 6 heteroatoms. The van der Waals surface area contributed by atoms with Crippen LogP contribution < -0.4 is 5.46 Å². The van der Waals surface area contributed by atoms with Crippen molar-refractivity contribution < 1.29 is 9.31 Å². The van der Waals surface area contributed by atoms with E-state index in [0.717, 1.165) is 22.2 Å². The highest BCUT2D eigenvalue weighted by molar-refractivity contribution is 6.62. The lowest BCUT2D eigenvalue weighted by Crippen LogP contribution is -2.41. The van der Waals surface area contributed by atoms with Gasteiger partial charge in [-0.3, -0.25) is 10.1 Å². The number of hydrogen-bond donors (Lipinski definition) is 1. The summed E-state index contributed by atoms with van der Waals surface area (Å²) in [5, 5.41) is 7.16. The number of aromatic nitrogens is 3. The van der Waals surface area contributed by atoms with Gasteiger partial charge in [-0.25, -0.2) is 0 Å². The standard InChI is InChI=1S/C13H18BN3O2/c1-8-11-10(17-16-8)6-9(7-15-11)14-18-12(2,3)13(4,5)19-14/h6-7H,1-5H3,(H,16,17). The molecule has 0 spiro atoms. The maximum absolute atomic E-state index is 6.01. The monoisotopic (exact) mass is 259 g/mol. The molecular formula is C13H18BN3O2. The van der Waals surface area contributed by atoms with Crippen molar-refractivity contribution in [3.05, 3.63) is 18.0 Å². The lowest BCUT2D eigenvalue weighted by Gasteiger charge is -2.32. The van der Waals surface area contributed by atoms with Crippen LogP contribution in [0.3, 0.4) is 0 Å². The highest BCUT2D eigenvalue weighted by atomic mass is 16.7. The highest BCUT2D eigenvalue weighted by Crippen LogP contribution is 2.36. The predicted molar refractivity (Wildman–Crippen MR) is 74.3 cm³/mol. The Morgan fingerprint density at radius 1 is 1.16 bits per heavy atom. The van der Waals surface area contributed by atoms with Crippen LogP contribution in [0.2, 0.25) is 0 Å². The van der Waals surface area contributed by atoms with Crippen LogP contribution >= 0.6 is 0 Å². The molecule has 100 valence electrons. The summed E-state index contributed by atoms with van der Waals surface area (Å²) in [6.07, 6.45) is 1.80. The third kappa shape index (κ3) is 1.86. The van der Waals surface area contributed by atoms with Crippen molar-refractivity contribution in [2.45, 2.75) is 45.8 Å². The molecule has 1 fully saturated rings. The topological polar surface area (TPSA) is 60.0 Å². The Hall–Kier alpha value is -1.40. The van der Waals surface area contributed by atoms with Crippen LogP contribution in [0.4, 0.5) is 0 Å².